The molecule has 3 heterocycles. The molecule has 0 amide bonds. The van der Waals surface area contributed by atoms with Crippen LogP contribution in [0, 0.1) is 0 Å². The Labute approximate surface area is 344 Å². The minimum absolute atomic E-state index is 0.445. The van der Waals surface area contributed by atoms with Crippen LogP contribution in [0.4, 0.5) is 0 Å². The number of para-hydroxylation sites is 1. The van der Waals surface area contributed by atoms with Gasteiger partial charge in [-0.1, -0.05) is 115 Å². The maximum absolute atomic E-state index is 6.53. The number of hydrogen-bond acceptors (Lipinski definition) is 3. The first-order valence-electron chi connectivity index (χ1n) is 20.4. The third-order valence-corrected chi connectivity index (χ3v) is 12.6. The summed E-state index contributed by atoms with van der Waals surface area (Å²) in [5, 5.41) is 4.50. The molecule has 1 fully saturated rings. The van der Waals surface area contributed by atoms with Crippen LogP contribution in [-0.4, -0.2) is 22.9 Å². The SMILES string of the molecule is CC1(C)OB(c2cccc3oc4ccc(-c5ccc6c(c5)c5ccccc5n6-c5cccc(-c6cc(-c7ccccc7)cc(-c7ccccc7)c6)c5)cc4c23)OC1(C)C. The third kappa shape index (κ3) is 5.92. The summed E-state index contributed by atoms with van der Waals surface area (Å²) < 4.78 is 21.9. The first-order chi connectivity index (χ1) is 28.7. The molecule has 5 heteroatoms. The predicted molar refractivity (Wildman–Crippen MR) is 246 cm³/mol. The Morgan fingerprint density at radius 3 is 1.63 bits per heavy atom. The van der Waals surface area contributed by atoms with Gasteiger partial charge in [0.15, 0.2) is 0 Å². The molecule has 0 saturated carbocycles. The number of furan rings is 1. The highest BCUT2D eigenvalue weighted by Crippen LogP contribution is 2.41. The van der Waals surface area contributed by atoms with E-state index in [0.29, 0.717) is 0 Å². The van der Waals surface area contributed by atoms with E-state index in [1.165, 1.54) is 49.7 Å². The molecular formula is C54H42BNO3. The van der Waals surface area contributed by atoms with Crippen LogP contribution in [0.3, 0.4) is 0 Å². The molecule has 1 aliphatic heterocycles. The summed E-state index contributed by atoms with van der Waals surface area (Å²) in [5.74, 6) is 0. The highest BCUT2D eigenvalue weighted by molar-refractivity contribution is 6.66. The zero-order chi connectivity index (χ0) is 39.9. The number of rotatable bonds is 6. The molecule has 284 valence electrons. The summed E-state index contributed by atoms with van der Waals surface area (Å²) in [6.07, 6.45) is 0. The Balaban J connectivity index is 1.02. The van der Waals surface area contributed by atoms with Crippen molar-refractivity contribution in [2.75, 3.05) is 0 Å². The fourth-order valence-electron chi connectivity index (χ4n) is 8.84. The molecule has 0 N–H and O–H groups in total. The fraction of sp³-hybridized carbons (Fsp3) is 0.111. The topological polar surface area (TPSA) is 36.5 Å². The van der Waals surface area contributed by atoms with Crippen molar-refractivity contribution >= 4 is 56.3 Å². The van der Waals surface area contributed by atoms with Gasteiger partial charge < -0.3 is 18.3 Å². The summed E-state index contributed by atoms with van der Waals surface area (Å²) in [4.78, 5) is 0. The lowest BCUT2D eigenvalue weighted by atomic mass is 9.76. The van der Waals surface area contributed by atoms with Crippen molar-refractivity contribution < 1.29 is 13.7 Å². The number of aromatic nitrogens is 1. The summed E-state index contributed by atoms with van der Waals surface area (Å²) in [7, 11) is -0.493. The monoisotopic (exact) mass is 763 g/mol. The summed E-state index contributed by atoms with van der Waals surface area (Å²) in [5.41, 5.74) is 14.6. The zero-order valence-corrected chi connectivity index (χ0v) is 33.6. The van der Waals surface area contributed by atoms with E-state index in [0.717, 1.165) is 49.7 Å². The van der Waals surface area contributed by atoms with E-state index in [4.69, 9.17) is 13.7 Å². The number of fused-ring (bicyclic) bond motifs is 6. The molecule has 0 unspecified atom stereocenters. The summed E-state index contributed by atoms with van der Waals surface area (Å²) in [6.45, 7) is 8.37. The van der Waals surface area contributed by atoms with Crippen molar-refractivity contribution in [3.8, 4) is 50.2 Å². The van der Waals surface area contributed by atoms with Gasteiger partial charge in [-0.25, -0.2) is 0 Å². The van der Waals surface area contributed by atoms with E-state index < -0.39 is 18.3 Å². The van der Waals surface area contributed by atoms with E-state index in [-0.39, 0.29) is 0 Å². The van der Waals surface area contributed by atoms with Gasteiger partial charge in [-0.05, 0) is 144 Å². The molecule has 1 saturated heterocycles. The number of benzene rings is 8. The maximum atomic E-state index is 6.53. The number of nitrogens with zero attached hydrogens (tertiary/aromatic N) is 1. The van der Waals surface area contributed by atoms with Gasteiger partial charge >= 0.3 is 7.12 Å². The van der Waals surface area contributed by atoms with E-state index in [2.05, 4.69) is 202 Å². The lowest BCUT2D eigenvalue weighted by Crippen LogP contribution is -2.41. The van der Waals surface area contributed by atoms with Crippen LogP contribution in [-0.2, 0) is 9.31 Å². The Morgan fingerprint density at radius 1 is 0.390 bits per heavy atom. The van der Waals surface area contributed by atoms with Crippen LogP contribution >= 0.6 is 0 Å². The van der Waals surface area contributed by atoms with Crippen molar-refractivity contribution in [2.24, 2.45) is 0 Å². The summed E-state index contributed by atoms with van der Waals surface area (Å²) in [6, 6.07) is 65.5. The molecule has 0 aliphatic carbocycles. The second-order valence-electron chi connectivity index (χ2n) is 16.8. The van der Waals surface area contributed by atoms with E-state index in [9.17, 15) is 0 Å². The average Bonchev–Trinajstić information content (AvgIpc) is 3.89. The molecule has 0 spiro atoms. The second kappa shape index (κ2) is 13.5. The van der Waals surface area contributed by atoms with Crippen molar-refractivity contribution in [3.63, 3.8) is 0 Å². The molecular weight excluding hydrogens is 721 g/mol. The summed E-state index contributed by atoms with van der Waals surface area (Å²) >= 11 is 0. The van der Waals surface area contributed by atoms with E-state index in [1.807, 2.05) is 12.1 Å². The molecule has 10 aromatic rings. The number of hydrogen-bond donors (Lipinski definition) is 0. The minimum Gasteiger partial charge on any atom is -0.456 e. The zero-order valence-electron chi connectivity index (χ0n) is 33.6. The smallest absolute Gasteiger partial charge is 0.456 e. The van der Waals surface area contributed by atoms with Crippen LogP contribution in [0.25, 0.3) is 93.9 Å². The lowest BCUT2D eigenvalue weighted by molar-refractivity contribution is 0.00578. The fourth-order valence-corrected chi connectivity index (χ4v) is 8.84. The van der Waals surface area contributed by atoms with Crippen LogP contribution in [0.5, 0.6) is 0 Å². The van der Waals surface area contributed by atoms with Crippen molar-refractivity contribution in [3.05, 3.63) is 182 Å². The van der Waals surface area contributed by atoms with Crippen LogP contribution in [0.15, 0.2) is 186 Å². The van der Waals surface area contributed by atoms with Crippen molar-refractivity contribution in [1.82, 2.24) is 4.57 Å². The maximum Gasteiger partial charge on any atom is 0.495 e. The molecule has 4 nitrogen and oxygen atoms in total. The highest BCUT2D eigenvalue weighted by atomic mass is 16.7. The predicted octanol–water partition coefficient (Wildman–Crippen LogP) is 13.7. The molecule has 0 bridgehead atoms. The third-order valence-electron chi connectivity index (χ3n) is 12.6. The van der Waals surface area contributed by atoms with Gasteiger partial charge in [-0.2, -0.15) is 0 Å². The molecule has 8 aromatic carbocycles. The van der Waals surface area contributed by atoms with Crippen molar-refractivity contribution in [1.29, 1.82) is 0 Å². The molecule has 2 aromatic heterocycles. The van der Waals surface area contributed by atoms with E-state index >= 15 is 0 Å². The molecule has 11 rings (SSSR count). The van der Waals surface area contributed by atoms with Crippen LogP contribution in [0.2, 0.25) is 0 Å². The van der Waals surface area contributed by atoms with Crippen LogP contribution < -0.4 is 5.46 Å². The van der Waals surface area contributed by atoms with Gasteiger partial charge in [-0.15, -0.1) is 0 Å². The molecule has 0 atom stereocenters. The van der Waals surface area contributed by atoms with Crippen LogP contribution in [0.1, 0.15) is 27.7 Å². The lowest BCUT2D eigenvalue weighted by Gasteiger charge is -2.32. The Kier molecular flexibility index (Phi) is 8.10. The van der Waals surface area contributed by atoms with Gasteiger partial charge in [0.1, 0.15) is 11.2 Å². The molecule has 1 aliphatic rings. The first-order valence-corrected chi connectivity index (χ1v) is 20.4. The highest BCUT2D eigenvalue weighted by Gasteiger charge is 2.52. The first kappa shape index (κ1) is 35.5. The Hall–Kier alpha value is -6.66. The quantitative estimate of drug-likeness (QED) is 0.158. The van der Waals surface area contributed by atoms with Gasteiger partial charge in [0, 0.05) is 27.2 Å². The molecule has 59 heavy (non-hydrogen) atoms. The van der Waals surface area contributed by atoms with Gasteiger partial charge in [-0.3, -0.25) is 0 Å². The van der Waals surface area contributed by atoms with Gasteiger partial charge in [0.05, 0.1) is 22.2 Å². The largest absolute Gasteiger partial charge is 0.495 e. The van der Waals surface area contributed by atoms with Gasteiger partial charge in [0.2, 0.25) is 0 Å². The normalized spacial score (nSPS) is 14.9. The Morgan fingerprint density at radius 2 is 0.932 bits per heavy atom. The minimum atomic E-state index is -0.493. The van der Waals surface area contributed by atoms with Crippen molar-refractivity contribution in [2.45, 2.75) is 38.9 Å². The second-order valence-corrected chi connectivity index (χ2v) is 16.8. The standard InChI is InChI=1S/C54H42BNO3/c1-53(2)54(3,4)59-55(58-53)47-22-14-24-51-52(47)46-34-39(26-28-50(46)57-51)38-25-27-49-45(33-38)44-21-11-12-23-48(44)56(49)43-20-13-19-37(32-43)42-30-40(35-15-7-5-8-16-35)29-41(31-42)36-17-9-6-10-18-36/h5-34H,1-4H3. The van der Waals surface area contributed by atoms with Gasteiger partial charge in [0.25, 0.3) is 0 Å². The Bertz CT molecular complexity index is 3160. The average molecular weight is 764 g/mol. The molecule has 0 radical (unpaired) electrons. The van der Waals surface area contributed by atoms with E-state index in [1.54, 1.807) is 0 Å².